The monoisotopic (exact) mass is 321 g/mol. The highest BCUT2D eigenvalue weighted by Gasteiger charge is 2.23. The van der Waals surface area contributed by atoms with Gasteiger partial charge in [-0.15, -0.1) is 0 Å². The molecule has 6 nitrogen and oxygen atoms in total. The summed E-state index contributed by atoms with van der Waals surface area (Å²) in [5.74, 6) is 0.735. The molecule has 1 atom stereocenters. The predicted octanol–water partition coefficient (Wildman–Crippen LogP) is 2.28. The number of hydrogen-bond donors (Lipinski definition) is 0. The number of rotatable bonds is 4. The second-order valence-electron chi connectivity index (χ2n) is 5.84. The number of fused-ring (bicyclic) bond motifs is 1. The highest BCUT2D eigenvalue weighted by molar-refractivity contribution is 5.31. The summed E-state index contributed by atoms with van der Waals surface area (Å²) in [6.45, 7) is 2.85. The number of nitrogens with zero attached hydrogens (tertiary/aromatic N) is 5. The van der Waals surface area contributed by atoms with Crippen LogP contribution in [0.5, 0.6) is 0 Å². The molecule has 0 saturated carbocycles. The van der Waals surface area contributed by atoms with Crippen LogP contribution in [0.1, 0.15) is 11.4 Å². The van der Waals surface area contributed by atoms with Crippen LogP contribution >= 0.6 is 0 Å². The van der Waals surface area contributed by atoms with Crippen LogP contribution in [0, 0.1) is 0 Å². The topological polar surface area (TPSA) is 56.1 Å². The van der Waals surface area contributed by atoms with Crippen LogP contribution in [0.3, 0.4) is 0 Å². The lowest BCUT2D eigenvalue weighted by molar-refractivity contribution is 0.0342. The van der Waals surface area contributed by atoms with Gasteiger partial charge in [0.15, 0.2) is 0 Å². The summed E-state index contributed by atoms with van der Waals surface area (Å²) in [7, 11) is 0. The maximum atomic E-state index is 6.15. The van der Waals surface area contributed by atoms with Gasteiger partial charge >= 0.3 is 0 Å². The molecule has 0 aliphatic carbocycles. The van der Waals surface area contributed by atoms with Crippen LogP contribution in [-0.4, -0.2) is 32.2 Å². The fourth-order valence-electron chi connectivity index (χ4n) is 2.95. The van der Waals surface area contributed by atoms with Gasteiger partial charge in [0.25, 0.3) is 0 Å². The molecule has 24 heavy (non-hydrogen) atoms. The third-order valence-corrected chi connectivity index (χ3v) is 4.13. The Bertz CT molecular complexity index is 774. The Morgan fingerprint density at radius 1 is 0.958 bits per heavy atom. The van der Waals surface area contributed by atoms with Crippen molar-refractivity contribution in [3.05, 3.63) is 72.6 Å². The van der Waals surface area contributed by atoms with E-state index in [1.54, 1.807) is 18.6 Å². The Morgan fingerprint density at radius 2 is 1.83 bits per heavy atom. The van der Waals surface area contributed by atoms with Crippen LogP contribution < -0.4 is 4.90 Å². The summed E-state index contributed by atoms with van der Waals surface area (Å²) in [6, 6.07) is 11.9. The van der Waals surface area contributed by atoms with E-state index in [0.717, 1.165) is 31.3 Å². The van der Waals surface area contributed by atoms with Crippen molar-refractivity contribution >= 4 is 5.95 Å². The summed E-state index contributed by atoms with van der Waals surface area (Å²) in [5.41, 5.74) is 2.18. The molecule has 0 amide bonds. The molecule has 3 aromatic rings. The zero-order chi connectivity index (χ0) is 16.2. The van der Waals surface area contributed by atoms with Crippen LogP contribution in [0.4, 0.5) is 5.95 Å². The van der Waals surface area contributed by atoms with E-state index in [2.05, 4.69) is 42.7 Å². The van der Waals surface area contributed by atoms with E-state index >= 15 is 0 Å². The molecule has 0 radical (unpaired) electrons. The molecular weight excluding hydrogens is 302 g/mol. The lowest BCUT2D eigenvalue weighted by atomic mass is 10.3. The number of anilines is 1. The lowest BCUT2D eigenvalue weighted by Crippen LogP contribution is -2.34. The molecule has 1 aliphatic heterocycles. The van der Waals surface area contributed by atoms with Gasteiger partial charge in [-0.3, -0.25) is 4.98 Å². The molecule has 0 bridgehead atoms. The van der Waals surface area contributed by atoms with Gasteiger partial charge in [-0.1, -0.05) is 6.07 Å². The third-order valence-electron chi connectivity index (χ3n) is 4.13. The standard InChI is InChI=1S/C18H19N5O/c1-2-7-19-15(5-1)14-24-17-12-22-10-3-6-16(22)11-23(13-17)18-20-8-4-9-21-18/h1-10,17H,11-14H2/t17-/m1/s1. The van der Waals surface area contributed by atoms with Crippen LogP contribution in [0.25, 0.3) is 0 Å². The van der Waals surface area contributed by atoms with Crippen LogP contribution in [0.2, 0.25) is 0 Å². The van der Waals surface area contributed by atoms with Gasteiger partial charge in [-0.2, -0.15) is 0 Å². The quantitative estimate of drug-likeness (QED) is 0.738. The molecule has 0 saturated heterocycles. The van der Waals surface area contributed by atoms with Gasteiger partial charge in [0.05, 0.1) is 31.5 Å². The first-order valence-corrected chi connectivity index (χ1v) is 8.06. The smallest absolute Gasteiger partial charge is 0.225 e. The second kappa shape index (κ2) is 6.80. The van der Waals surface area contributed by atoms with E-state index in [9.17, 15) is 0 Å². The highest BCUT2D eigenvalue weighted by atomic mass is 16.5. The van der Waals surface area contributed by atoms with E-state index in [1.165, 1.54) is 5.69 Å². The van der Waals surface area contributed by atoms with Crippen molar-refractivity contribution < 1.29 is 4.74 Å². The molecule has 0 N–H and O–H groups in total. The fourth-order valence-corrected chi connectivity index (χ4v) is 2.95. The van der Waals surface area contributed by atoms with Gasteiger partial charge in [0, 0.05) is 37.0 Å². The number of pyridine rings is 1. The summed E-state index contributed by atoms with van der Waals surface area (Å²) < 4.78 is 8.39. The molecular formula is C18H19N5O. The third kappa shape index (κ3) is 3.28. The number of ether oxygens (including phenoxy) is 1. The number of hydrogen-bond acceptors (Lipinski definition) is 5. The molecule has 4 heterocycles. The van der Waals surface area contributed by atoms with Crippen molar-refractivity contribution in [3.8, 4) is 0 Å². The largest absolute Gasteiger partial charge is 0.368 e. The summed E-state index contributed by atoms with van der Waals surface area (Å²) in [6.07, 6.45) is 7.48. The molecule has 0 unspecified atom stereocenters. The molecule has 0 spiro atoms. The zero-order valence-electron chi connectivity index (χ0n) is 13.3. The molecule has 0 fully saturated rings. The van der Waals surface area contributed by atoms with Gasteiger partial charge in [-0.25, -0.2) is 9.97 Å². The van der Waals surface area contributed by atoms with Crippen molar-refractivity contribution in [2.45, 2.75) is 25.8 Å². The zero-order valence-corrected chi connectivity index (χ0v) is 13.3. The van der Waals surface area contributed by atoms with E-state index in [1.807, 2.05) is 24.3 Å². The summed E-state index contributed by atoms with van der Waals surface area (Å²) in [5, 5.41) is 0. The molecule has 1 aliphatic rings. The minimum Gasteiger partial charge on any atom is -0.368 e. The minimum atomic E-state index is 0.0458. The minimum absolute atomic E-state index is 0.0458. The number of aromatic nitrogens is 4. The Kier molecular flexibility index (Phi) is 4.20. The van der Waals surface area contributed by atoms with Gasteiger partial charge < -0.3 is 14.2 Å². The van der Waals surface area contributed by atoms with Crippen molar-refractivity contribution in [3.63, 3.8) is 0 Å². The van der Waals surface area contributed by atoms with Crippen molar-refractivity contribution in [2.24, 2.45) is 0 Å². The Morgan fingerprint density at radius 3 is 2.67 bits per heavy atom. The average molecular weight is 321 g/mol. The van der Waals surface area contributed by atoms with E-state index in [4.69, 9.17) is 4.74 Å². The lowest BCUT2D eigenvalue weighted by Gasteiger charge is -2.24. The predicted molar refractivity (Wildman–Crippen MR) is 90.3 cm³/mol. The van der Waals surface area contributed by atoms with E-state index < -0.39 is 0 Å². The van der Waals surface area contributed by atoms with Gasteiger partial charge in [0.1, 0.15) is 0 Å². The molecule has 6 heteroatoms. The Labute approximate surface area is 140 Å². The van der Waals surface area contributed by atoms with E-state index in [0.29, 0.717) is 6.61 Å². The van der Waals surface area contributed by atoms with Crippen molar-refractivity contribution in [2.75, 3.05) is 11.4 Å². The van der Waals surface area contributed by atoms with Crippen LogP contribution in [0.15, 0.2) is 61.2 Å². The highest BCUT2D eigenvalue weighted by Crippen LogP contribution is 2.19. The summed E-state index contributed by atoms with van der Waals surface area (Å²) >= 11 is 0. The Hall–Kier alpha value is -2.73. The van der Waals surface area contributed by atoms with Crippen LogP contribution in [-0.2, 0) is 24.4 Å². The normalized spacial score (nSPS) is 17.3. The maximum absolute atomic E-state index is 6.15. The Balaban J connectivity index is 1.53. The second-order valence-corrected chi connectivity index (χ2v) is 5.84. The molecule has 3 aromatic heterocycles. The first kappa shape index (κ1) is 14.8. The first-order valence-electron chi connectivity index (χ1n) is 8.06. The van der Waals surface area contributed by atoms with Crippen molar-refractivity contribution in [1.29, 1.82) is 0 Å². The van der Waals surface area contributed by atoms with Gasteiger partial charge in [-0.05, 0) is 30.3 Å². The first-order chi connectivity index (χ1) is 11.9. The molecule has 4 rings (SSSR count). The average Bonchev–Trinajstić information content (AvgIpc) is 2.99. The van der Waals surface area contributed by atoms with E-state index in [-0.39, 0.29) is 6.10 Å². The SMILES string of the molecule is c1ccc(CO[C@H]2CN(c3ncccn3)Cc3cccn3C2)nc1. The fraction of sp³-hybridized carbons (Fsp3) is 0.278. The molecule has 0 aromatic carbocycles. The summed E-state index contributed by atoms with van der Waals surface area (Å²) in [4.78, 5) is 15.3. The molecule has 122 valence electrons. The maximum Gasteiger partial charge on any atom is 0.225 e. The van der Waals surface area contributed by atoms with Crippen molar-refractivity contribution in [1.82, 2.24) is 19.5 Å². The van der Waals surface area contributed by atoms with Gasteiger partial charge in [0.2, 0.25) is 5.95 Å².